The minimum absolute atomic E-state index is 0.0302. The van der Waals surface area contributed by atoms with Crippen LogP contribution in [0, 0.1) is 0 Å². The molecule has 1 aliphatic rings. The molecular weight excluding hydrogens is 354 g/mol. The summed E-state index contributed by atoms with van der Waals surface area (Å²) in [5.41, 5.74) is -0.972. The van der Waals surface area contributed by atoms with Gasteiger partial charge in [0.2, 0.25) is 0 Å². The Hall–Kier alpha value is -1.26. The molecule has 0 saturated carbocycles. The van der Waals surface area contributed by atoms with Gasteiger partial charge in [0.1, 0.15) is 18.3 Å². The van der Waals surface area contributed by atoms with E-state index in [1.54, 1.807) is 7.11 Å². The monoisotopic (exact) mass is 385 g/mol. The average Bonchev–Trinajstić information content (AvgIpc) is 2.83. The number of likely N-dealkylation sites (N-methyl/N-ethyl adjacent to an activating group) is 1. The summed E-state index contributed by atoms with van der Waals surface area (Å²) in [6.07, 6.45) is -0.299. The van der Waals surface area contributed by atoms with Crippen LogP contribution in [-0.2, 0) is 13.9 Å². The highest BCUT2D eigenvalue weighted by atomic mass is 28.4. The zero-order valence-electron chi connectivity index (χ0n) is 16.7. The second kappa shape index (κ2) is 7.77. The lowest BCUT2D eigenvalue weighted by Gasteiger charge is -2.40. The maximum absolute atomic E-state index is 12.2. The fourth-order valence-corrected chi connectivity index (χ4v) is 4.16. The maximum Gasteiger partial charge on any atom is 0.330 e. The second-order valence-electron chi connectivity index (χ2n) is 8.18. The minimum atomic E-state index is -2.08. The van der Waals surface area contributed by atoms with Crippen molar-refractivity contribution in [2.24, 2.45) is 0 Å². The lowest BCUT2D eigenvalue weighted by Crippen LogP contribution is -2.51. The Morgan fingerprint density at radius 3 is 2.46 bits per heavy atom. The molecule has 1 fully saturated rings. The summed E-state index contributed by atoms with van der Waals surface area (Å²) in [6, 6.07) is 1.30. The van der Waals surface area contributed by atoms with Crippen molar-refractivity contribution in [1.82, 2.24) is 14.9 Å². The topological polar surface area (TPSA) is 94.6 Å². The predicted molar refractivity (Wildman–Crippen MR) is 102 cm³/mol. The molecule has 2 heterocycles. The van der Waals surface area contributed by atoms with E-state index in [0.29, 0.717) is 6.54 Å². The summed E-state index contributed by atoms with van der Waals surface area (Å²) in [7, 11) is 1.34. The summed E-state index contributed by atoms with van der Waals surface area (Å²) in [5, 5.41) is 3.14. The van der Waals surface area contributed by atoms with E-state index in [1.807, 2.05) is 7.05 Å². The quantitative estimate of drug-likeness (QED) is 0.711. The average molecular weight is 386 g/mol. The fraction of sp³-hybridized carbons (Fsp3) is 0.765. The molecule has 1 aromatic heterocycles. The zero-order chi connectivity index (χ0) is 19.7. The Morgan fingerprint density at radius 1 is 1.31 bits per heavy atom. The van der Waals surface area contributed by atoms with Gasteiger partial charge in [-0.05, 0) is 25.2 Å². The van der Waals surface area contributed by atoms with Crippen LogP contribution in [0.4, 0.5) is 0 Å². The highest BCUT2D eigenvalue weighted by molar-refractivity contribution is 6.74. The van der Waals surface area contributed by atoms with Gasteiger partial charge in [0.05, 0.1) is 0 Å². The van der Waals surface area contributed by atoms with E-state index in [-0.39, 0.29) is 17.2 Å². The number of ether oxygens (including phenoxy) is 2. The van der Waals surface area contributed by atoms with E-state index in [1.165, 1.54) is 16.8 Å². The van der Waals surface area contributed by atoms with Crippen LogP contribution in [0.25, 0.3) is 0 Å². The van der Waals surface area contributed by atoms with Gasteiger partial charge >= 0.3 is 5.69 Å². The summed E-state index contributed by atoms with van der Waals surface area (Å²) in [6.45, 7) is 11.4. The van der Waals surface area contributed by atoms with Crippen molar-refractivity contribution in [3.63, 3.8) is 0 Å². The number of nitrogens with zero attached hydrogens (tertiary/aromatic N) is 1. The molecule has 148 valence electrons. The van der Waals surface area contributed by atoms with Crippen LogP contribution in [0.2, 0.25) is 18.1 Å². The van der Waals surface area contributed by atoms with Crippen LogP contribution in [0.5, 0.6) is 0 Å². The molecule has 2 N–H and O–H groups in total. The molecule has 0 bridgehead atoms. The number of nitrogens with one attached hydrogen (secondary N) is 2. The molecule has 1 aromatic rings. The molecule has 0 aliphatic carbocycles. The molecule has 4 atom stereocenters. The van der Waals surface area contributed by atoms with Crippen LogP contribution < -0.4 is 16.6 Å². The Balaban J connectivity index is 2.39. The van der Waals surface area contributed by atoms with Crippen molar-refractivity contribution >= 4 is 8.32 Å². The van der Waals surface area contributed by atoms with Crippen molar-refractivity contribution < 1.29 is 13.9 Å². The Bertz CT molecular complexity index is 724. The Labute approximate surface area is 155 Å². The number of methoxy groups -OCH3 is 1. The molecule has 26 heavy (non-hydrogen) atoms. The highest BCUT2D eigenvalue weighted by Gasteiger charge is 2.51. The van der Waals surface area contributed by atoms with Gasteiger partial charge in [-0.2, -0.15) is 0 Å². The molecule has 1 aliphatic heterocycles. The van der Waals surface area contributed by atoms with E-state index in [0.717, 1.165) is 0 Å². The van der Waals surface area contributed by atoms with E-state index >= 15 is 0 Å². The predicted octanol–water partition coefficient (Wildman–Crippen LogP) is 1.06. The number of hydrogen-bond donors (Lipinski definition) is 2. The van der Waals surface area contributed by atoms with E-state index in [2.05, 4.69) is 44.2 Å². The molecular formula is C17H31N3O5Si. The van der Waals surface area contributed by atoms with Crippen LogP contribution in [0.3, 0.4) is 0 Å². The third-order valence-electron chi connectivity index (χ3n) is 5.33. The van der Waals surface area contributed by atoms with Gasteiger partial charge in [-0.3, -0.25) is 14.3 Å². The maximum atomic E-state index is 12.2. The first kappa shape index (κ1) is 21.0. The SMILES string of the molecule is CNC[C@H]1O[C@@H](n2ccc(=O)[nH]c2=O)[C@H](OC)C1O[Si](C)(C)C(C)(C)C. The van der Waals surface area contributed by atoms with Crippen molar-refractivity contribution in [2.45, 2.75) is 63.4 Å². The van der Waals surface area contributed by atoms with E-state index in [9.17, 15) is 9.59 Å². The van der Waals surface area contributed by atoms with Gasteiger partial charge in [0, 0.05) is 25.9 Å². The Kier molecular flexibility index (Phi) is 6.29. The summed E-state index contributed by atoms with van der Waals surface area (Å²) in [5.74, 6) is 0. The van der Waals surface area contributed by atoms with Gasteiger partial charge in [-0.1, -0.05) is 20.8 Å². The Morgan fingerprint density at radius 2 is 1.96 bits per heavy atom. The number of rotatable bonds is 6. The molecule has 2 rings (SSSR count). The highest BCUT2D eigenvalue weighted by Crippen LogP contribution is 2.41. The van der Waals surface area contributed by atoms with Crippen LogP contribution in [0.1, 0.15) is 27.0 Å². The largest absolute Gasteiger partial charge is 0.408 e. The van der Waals surface area contributed by atoms with Crippen molar-refractivity contribution in [3.05, 3.63) is 33.1 Å². The van der Waals surface area contributed by atoms with Crippen LogP contribution in [0.15, 0.2) is 21.9 Å². The first-order valence-corrected chi connectivity index (χ1v) is 11.7. The van der Waals surface area contributed by atoms with Gasteiger partial charge < -0.3 is 19.2 Å². The van der Waals surface area contributed by atoms with Gasteiger partial charge in [-0.25, -0.2) is 4.79 Å². The molecule has 1 unspecified atom stereocenters. The number of aromatic nitrogens is 2. The second-order valence-corrected chi connectivity index (χ2v) is 12.9. The first-order valence-electron chi connectivity index (χ1n) is 8.84. The molecule has 0 radical (unpaired) electrons. The normalized spacial score (nSPS) is 27.0. The summed E-state index contributed by atoms with van der Waals surface area (Å²) >= 11 is 0. The number of H-pyrrole nitrogens is 1. The van der Waals surface area contributed by atoms with E-state index in [4.69, 9.17) is 13.9 Å². The molecule has 9 heteroatoms. The standard InChI is InChI=1S/C17H31N3O5Si/c1-17(2,3)26(6,7)25-13-11(10-18-4)24-15(14(13)23-5)20-9-8-12(21)19-16(20)22/h8-9,11,13-15,18H,10H2,1-7H3,(H,19,21,22)/t11-,13?,14-,15-/m1/s1. The smallest absolute Gasteiger partial charge is 0.330 e. The summed E-state index contributed by atoms with van der Waals surface area (Å²) in [4.78, 5) is 25.9. The van der Waals surface area contributed by atoms with Crippen molar-refractivity contribution in [1.29, 1.82) is 0 Å². The number of hydrogen-bond acceptors (Lipinski definition) is 6. The molecule has 1 saturated heterocycles. The molecule has 0 spiro atoms. The zero-order valence-corrected chi connectivity index (χ0v) is 17.7. The van der Waals surface area contributed by atoms with Gasteiger partial charge in [0.25, 0.3) is 5.56 Å². The van der Waals surface area contributed by atoms with Crippen LogP contribution in [-0.4, -0.2) is 56.9 Å². The van der Waals surface area contributed by atoms with Gasteiger partial charge in [-0.15, -0.1) is 0 Å². The first-order chi connectivity index (χ1) is 12.0. The molecule has 8 nitrogen and oxygen atoms in total. The third-order valence-corrected chi connectivity index (χ3v) is 9.80. The summed E-state index contributed by atoms with van der Waals surface area (Å²) < 4.78 is 19.8. The molecule has 0 aromatic carbocycles. The fourth-order valence-electron chi connectivity index (χ4n) is 2.84. The number of aromatic amines is 1. The van der Waals surface area contributed by atoms with Crippen molar-refractivity contribution in [3.8, 4) is 0 Å². The van der Waals surface area contributed by atoms with Crippen LogP contribution >= 0.6 is 0 Å². The van der Waals surface area contributed by atoms with Gasteiger partial charge in [0.15, 0.2) is 14.5 Å². The lowest BCUT2D eigenvalue weighted by molar-refractivity contribution is -0.0530. The van der Waals surface area contributed by atoms with Crippen molar-refractivity contribution in [2.75, 3.05) is 20.7 Å². The van der Waals surface area contributed by atoms with E-state index < -0.39 is 31.9 Å². The third kappa shape index (κ3) is 4.17. The lowest BCUT2D eigenvalue weighted by atomic mass is 10.1. The minimum Gasteiger partial charge on any atom is -0.408 e. The molecule has 0 amide bonds.